The molecule has 136 valence electrons. The quantitative estimate of drug-likeness (QED) is 0.818. The number of rotatable bonds is 6. The number of piperidine rings is 1. The van der Waals surface area contributed by atoms with Crippen molar-refractivity contribution >= 4 is 17.8 Å². The van der Waals surface area contributed by atoms with Gasteiger partial charge in [0.1, 0.15) is 5.82 Å². The highest BCUT2D eigenvalue weighted by Gasteiger charge is 2.33. The van der Waals surface area contributed by atoms with E-state index in [2.05, 4.69) is 5.32 Å². The van der Waals surface area contributed by atoms with Gasteiger partial charge in [-0.25, -0.2) is 4.39 Å². The highest BCUT2D eigenvalue weighted by molar-refractivity contribution is 5.81. The van der Waals surface area contributed by atoms with Gasteiger partial charge in [-0.05, 0) is 37.0 Å². The minimum atomic E-state index is -1.02. The van der Waals surface area contributed by atoms with E-state index >= 15 is 0 Å². The normalized spacial score (nSPS) is 20.2. The number of amides is 2. The summed E-state index contributed by atoms with van der Waals surface area (Å²) in [5.41, 5.74) is 0.879. The molecule has 1 saturated heterocycles. The fourth-order valence-corrected chi connectivity index (χ4v) is 3.23. The van der Waals surface area contributed by atoms with Crippen LogP contribution in [0.5, 0.6) is 0 Å². The zero-order chi connectivity index (χ0) is 18.4. The predicted octanol–water partition coefficient (Wildman–Crippen LogP) is 1.73. The second kappa shape index (κ2) is 8.60. The standard InChI is InChI=1S/C18H23FN2O4/c1-12(22)21-10-2-3-15(20-17(23)8-9-18(24)25)16(21)11-13-4-6-14(19)7-5-13/h4-7,15-16H,2-3,8-11H2,1H3,(H,20,23)(H,24,25)/t15-,16-/m0/s1. The molecule has 1 aromatic carbocycles. The van der Waals surface area contributed by atoms with E-state index in [0.29, 0.717) is 19.4 Å². The maximum Gasteiger partial charge on any atom is 0.303 e. The molecule has 7 heteroatoms. The van der Waals surface area contributed by atoms with Crippen LogP contribution in [0.25, 0.3) is 0 Å². The molecule has 0 bridgehead atoms. The van der Waals surface area contributed by atoms with E-state index < -0.39 is 5.97 Å². The topological polar surface area (TPSA) is 86.7 Å². The van der Waals surface area contributed by atoms with Gasteiger partial charge in [-0.15, -0.1) is 0 Å². The van der Waals surface area contributed by atoms with Crippen LogP contribution < -0.4 is 5.32 Å². The Balaban J connectivity index is 2.11. The van der Waals surface area contributed by atoms with Crippen LogP contribution in [0.4, 0.5) is 4.39 Å². The molecule has 2 amide bonds. The van der Waals surface area contributed by atoms with E-state index in [9.17, 15) is 18.8 Å². The summed E-state index contributed by atoms with van der Waals surface area (Å²) in [6.07, 6.45) is 1.67. The Morgan fingerprint density at radius 3 is 2.52 bits per heavy atom. The molecule has 1 aliphatic rings. The maximum absolute atomic E-state index is 13.1. The second-order valence-electron chi connectivity index (χ2n) is 6.32. The number of hydrogen-bond donors (Lipinski definition) is 2. The Bertz CT molecular complexity index is 632. The minimum absolute atomic E-state index is 0.0726. The largest absolute Gasteiger partial charge is 0.481 e. The summed E-state index contributed by atoms with van der Waals surface area (Å²) in [6.45, 7) is 2.11. The van der Waals surface area contributed by atoms with Crippen LogP contribution >= 0.6 is 0 Å². The van der Waals surface area contributed by atoms with E-state index in [1.54, 1.807) is 17.0 Å². The lowest BCUT2D eigenvalue weighted by molar-refractivity contribution is -0.139. The number of likely N-dealkylation sites (tertiary alicyclic amines) is 1. The first-order chi connectivity index (χ1) is 11.9. The first-order valence-corrected chi connectivity index (χ1v) is 8.39. The molecule has 0 unspecified atom stereocenters. The Morgan fingerprint density at radius 1 is 1.24 bits per heavy atom. The number of carboxylic acid groups (broad SMARTS) is 1. The van der Waals surface area contributed by atoms with Gasteiger partial charge in [0.15, 0.2) is 0 Å². The average molecular weight is 350 g/mol. The van der Waals surface area contributed by atoms with Crippen molar-refractivity contribution < 1.29 is 23.9 Å². The number of carbonyl (C=O) groups is 3. The summed E-state index contributed by atoms with van der Waals surface area (Å²) >= 11 is 0. The number of aliphatic carboxylic acids is 1. The number of hydrogen-bond acceptors (Lipinski definition) is 3. The molecule has 0 saturated carbocycles. The lowest BCUT2D eigenvalue weighted by atomic mass is 9.90. The van der Waals surface area contributed by atoms with Gasteiger partial charge >= 0.3 is 5.97 Å². The van der Waals surface area contributed by atoms with Crippen molar-refractivity contribution in [1.82, 2.24) is 10.2 Å². The Labute approximate surface area is 146 Å². The molecule has 2 atom stereocenters. The van der Waals surface area contributed by atoms with Gasteiger partial charge in [-0.3, -0.25) is 14.4 Å². The van der Waals surface area contributed by atoms with Crippen molar-refractivity contribution in [3.63, 3.8) is 0 Å². The molecular formula is C18H23FN2O4. The number of nitrogens with one attached hydrogen (secondary N) is 1. The molecule has 6 nitrogen and oxygen atoms in total. The van der Waals surface area contributed by atoms with Crippen molar-refractivity contribution in [2.75, 3.05) is 6.54 Å². The smallest absolute Gasteiger partial charge is 0.303 e. The highest BCUT2D eigenvalue weighted by atomic mass is 19.1. The fourth-order valence-electron chi connectivity index (χ4n) is 3.23. The Hall–Kier alpha value is -2.44. The van der Waals surface area contributed by atoms with E-state index in [4.69, 9.17) is 5.11 Å². The van der Waals surface area contributed by atoms with E-state index in [0.717, 1.165) is 12.0 Å². The van der Waals surface area contributed by atoms with E-state index in [-0.39, 0.29) is 42.6 Å². The third kappa shape index (κ3) is 5.55. The predicted molar refractivity (Wildman–Crippen MR) is 89.3 cm³/mol. The molecule has 0 spiro atoms. The van der Waals surface area contributed by atoms with Crippen LogP contribution in [0, 0.1) is 5.82 Å². The fraction of sp³-hybridized carbons (Fsp3) is 0.500. The lowest BCUT2D eigenvalue weighted by Gasteiger charge is -2.41. The average Bonchev–Trinajstić information content (AvgIpc) is 2.56. The number of carbonyl (C=O) groups excluding carboxylic acids is 2. The molecule has 25 heavy (non-hydrogen) atoms. The molecule has 1 aliphatic heterocycles. The zero-order valence-electron chi connectivity index (χ0n) is 14.2. The molecule has 0 radical (unpaired) electrons. The molecule has 1 fully saturated rings. The van der Waals surface area contributed by atoms with Crippen LogP contribution in [0.3, 0.4) is 0 Å². The Morgan fingerprint density at radius 2 is 1.92 bits per heavy atom. The van der Waals surface area contributed by atoms with Gasteiger partial charge in [0, 0.05) is 25.9 Å². The third-order valence-electron chi connectivity index (χ3n) is 4.45. The van der Waals surface area contributed by atoms with Crippen LogP contribution in [0.1, 0.15) is 38.2 Å². The van der Waals surface area contributed by atoms with Crippen LogP contribution in [0.2, 0.25) is 0 Å². The monoisotopic (exact) mass is 350 g/mol. The van der Waals surface area contributed by atoms with Crippen molar-refractivity contribution in [2.24, 2.45) is 0 Å². The number of nitrogens with zero attached hydrogens (tertiary/aromatic N) is 1. The van der Waals surface area contributed by atoms with Crippen molar-refractivity contribution in [3.05, 3.63) is 35.6 Å². The van der Waals surface area contributed by atoms with Crippen molar-refractivity contribution in [1.29, 1.82) is 0 Å². The molecule has 2 rings (SSSR count). The molecule has 1 aromatic rings. The van der Waals surface area contributed by atoms with Gasteiger partial charge in [-0.1, -0.05) is 12.1 Å². The molecule has 1 heterocycles. The molecule has 0 aliphatic carbocycles. The number of benzene rings is 1. The number of halogens is 1. The molecule has 2 N–H and O–H groups in total. The SMILES string of the molecule is CC(=O)N1CCC[C@H](NC(=O)CCC(=O)O)[C@@H]1Cc1ccc(F)cc1. The van der Waals surface area contributed by atoms with Gasteiger partial charge in [0.05, 0.1) is 12.5 Å². The molecule has 0 aromatic heterocycles. The van der Waals surface area contributed by atoms with Gasteiger partial charge in [0.2, 0.25) is 11.8 Å². The van der Waals surface area contributed by atoms with Crippen LogP contribution in [-0.4, -0.2) is 46.4 Å². The van der Waals surface area contributed by atoms with Crippen molar-refractivity contribution in [3.8, 4) is 0 Å². The van der Waals surface area contributed by atoms with Gasteiger partial charge in [-0.2, -0.15) is 0 Å². The van der Waals surface area contributed by atoms with Crippen molar-refractivity contribution in [2.45, 2.75) is 51.1 Å². The lowest BCUT2D eigenvalue weighted by Crippen LogP contribution is -2.57. The third-order valence-corrected chi connectivity index (χ3v) is 4.45. The Kier molecular flexibility index (Phi) is 6.50. The highest BCUT2D eigenvalue weighted by Crippen LogP contribution is 2.22. The first kappa shape index (κ1) is 18.9. The summed E-state index contributed by atoms with van der Waals surface area (Å²) in [5.74, 6) is -1.75. The summed E-state index contributed by atoms with van der Waals surface area (Å²) in [4.78, 5) is 36.3. The van der Waals surface area contributed by atoms with Crippen LogP contribution in [-0.2, 0) is 20.8 Å². The van der Waals surface area contributed by atoms with Gasteiger partial charge in [0.25, 0.3) is 0 Å². The van der Waals surface area contributed by atoms with E-state index in [1.165, 1.54) is 19.1 Å². The first-order valence-electron chi connectivity index (χ1n) is 8.39. The zero-order valence-corrected chi connectivity index (χ0v) is 14.2. The maximum atomic E-state index is 13.1. The van der Waals surface area contributed by atoms with Gasteiger partial charge < -0.3 is 15.3 Å². The second-order valence-corrected chi connectivity index (χ2v) is 6.32. The summed E-state index contributed by atoms with van der Waals surface area (Å²) in [5, 5.41) is 11.6. The number of carboxylic acids is 1. The summed E-state index contributed by atoms with van der Waals surface area (Å²) < 4.78 is 13.1. The minimum Gasteiger partial charge on any atom is -0.481 e. The van der Waals surface area contributed by atoms with Crippen LogP contribution in [0.15, 0.2) is 24.3 Å². The van der Waals surface area contributed by atoms with E-state index in [1.807, 2.05) is 0 Å². The summed E-state index contributed by atoms with van der Waals surface area (Å²) in [7, 11) is 0. The summed E-state index contributed by atoms with van der Waals surface area (Å²) in [6, 6.07) is 5.61. The molecular weight excluding hydrogens is 327 g/mol.